The fraction of sp³-hybridized carbons (Fsp3) is 0. The fourth-order valence-electron chi connectivity index (χ4n) is 0.740. The lowest BCUT2D eigenvalue weighted by Gasteiger charge is -2.00. The summed E-state index contributed by atoms with van der Waals surface area (Å²) >= 11 is 0. The van der Waals surface area contributed by atoms with Gasteiger partial charge < -0.3 is 21.2 Å². The van der Waals surface area contributed by atoms with Crippen molar-refractivity contribution in [3.8, 4) is 11.5 Å². The third-order valence-electron chi connectivity index (χ3n) is 1.38. The maximum atomic E-state index is 9.00. The van der Waals surface area contributed by atoms with Crippen LogP contribution in [0.3, 0.4) is 0 Å². The molecule has 0 fully saturated rings. The number of benzene rings is 1. The van der Waals surface area contributed by atoms with Crippen LogP contribution in [0.4, 0.5) is 0 Å². The summed E-state index contributed by atoms with van der Waals surface area (Å²) in [7, 11) is 0. The number of halogens is 1. The predicted molar refractivity (Wildman–Crippen MR) is 49.5 cm³/mol. The SMILES string of the molecule is Cl.NC(=NO)c1ccc(O)c(O)c1. The zero-order chi connectivity index (χ0) is 9.14. The number of nitrogens with zero attached hydrogens (tertiary/aromatic N) is 1. The van der Waals surface area contributed by atoms with E-state index in [0.717, 1.165) is 0 Å². The maximum absolute atomic E-state index is 9.00. The molecule has 13 heavy (non-hydrogen) atoms. The largest absolute Gasteiger partial charge is 0.504 e. The van der Waals surface area contributed by atoms with E-state index in [0.29, 0.717) is 5.56 Å². The molecule has 0 spiro atoms. The quantitative estimate of drug-likeness (QED) is 0.177. The number of hydrogen-bond acceptors (Lipinski definition) is 4. The van der Waals surface area contributed by atoms with Crippen LogP contribution in [0.2, 0.25) is 0 Å². The lowest BCUT2D eigenvalue weighted by molar-refractivity contribution is 0.318. The molecule has 1 rings (SSSR count). The van der Waals surface area contributed by atoms with Gasteiger partial charge in [0.1, 0.15) is 0 Å². The van der Waals surface area contributed by atoms with Gasteiger partial charge >= 0.3 is 0 Å². The predicted octanol–water partition coefficient (Wildman–Crippen LogP) is 0.614. The standard InChI is InChI=1S/C7H8N2O3.ClH/c8-7(9-12)4-1-2-5(10)6(11)3-4;/h1-3,10-12H,(H2,8,9);1H. The summed E-state index contributed by atoms with van der Waals surface area (Å²) in [6.07, 6.45) is 0. The summed E-state index contributed by atoms with van der Waals surface area (Å²) in [6.45, 7) is 0. The molecule has 0 radical (unpaired) electrons. The highest BCUT2D eigenvalue weighted by Crippen LogP contribution is 2.24. The first-order chi connectivity index (χ1) is 5.65. The molecule has 0 saturated carbocycles. The van der Waals surface area contributed by atoms with E-state index in [1.54, 1.807) is 0 Å². The van der Waals surface area contributed by atoms with Crippen molar-refractivity contribution in [2.75, 3.05) is 0 Å². The van der Waals surface area contributed by atoms with Crippen LogP contribution in [0.15, 0.2) is 23.4 Å². The van der Waals surface area contributed by atoms with Gasteiger partial charge in [0, 0.05) is 5.56 Å². The summed E-state index contributed by atoms with van der Waals surface area (Å²) in [4.78, 5) is 0. The van der Waals surface area contributed by atoms with Crippen LogP contribution < -0.4 is 5.73 Å². The van der Waals surface area contributed by atoms with E-state index in [1.165, 1.54) is 18.2 Å². The molecule has 0 saturated heterocycles. The van der Waals surface area contributed by atoms with Gasteiger partial charge in [-0.25, -0.2) is 0 Å². The second kappa shape index (κ2) is 4.42. The third-order valence-corrected chi connectivity index (χ3v) is 1.38. The smallest absolute Gasteiger partial charge is 0.170 e. The van der Waals surface area contributed by atoms with Crippen molar-refractivity contribution in [2.45, 2.75) is 0 Å². The molecule has 0 atom stereocenters. The van der Waals surface area contributed by atoms with E-state index in [-0.39, 0.29) is 29.7 Å². The van der Waals surface area contributed by atoms with Crippen LogP contribution in [0.5, 0.6) is 11.5 Å². The second-order valence-corrected chi connectivity index (χ2v) is 2.19. The number of hydrogen-bond donors (Lipinski definition) is 4. The minimum absolute atomic E-state index is 0. The van der Waals surface area contributed by atoms with Crippen LogP contribution in [0, 0.1) is 0 Å². The van der Waals surface area contributed by atoms with Gasteiger partial charge in [0.05, 0.1) is 0 Å². The van der Waals surface area contributed by atoms with Gasteiger partial charge in [-0.05, 0) is 18.2 Å². The van der Waals surface area contributed by atoms with Gasteiger partial charge in [0.2, 0.25) is 0 Å². The van der Waals surface area contributed by atoms with Crippen molar-refractivity contribution < 1.29 is 15.4 Å². The van der Waals surface area contributed by atoms with Crippen LogP contribution in [0.25, 0.3) is 0 Å². The van der Waals surface area contributed by atoms with Gasteiger partial charge in [-0.15, -0.1) is 12.4 Å². The molecular weight excluding hydrogens is 196 g/mol. The lowest BCUT2D eigenvalue weighted by atomic mass is 10.2. The topological polar surface area (TPSA) is 99.1 Å². The average Bonchev–Trinajstić information content (AvgIpc) is 2.08. The van der Waals surface area contributed by atoms with E-state index in [9.17, 15) is 0 Å². The van der Waals surface area contributed by atoms with Gasteiger partial charge in [0.25, 0.3) is 0 Å². The number of oxime groups is 1. The molecule has 5 nitrogen and oxygen atoms in total. The number of aromatic hydroxyl groups is 2. The molecule has 0 aliphatic carbocycles. The van der Waals surface area contributed by atoms with Gasteiger partial charge in [-0.1, -0.05) is 5.16 Å². The maximum Gasteiger partial charge on any atom is 0.170 e. The molecule has 0 amide bonds. The Kier molecular flexibility index (Phi) is 3.87. The average molecular weight is 205 g/mol. The number of phenols is 2. The van der Waals surface area contributed by atoms with Crippen LogP contribution >= 0.6 is 12.4 Å². The van der Waals surface area contributed by atoms with Gasteiger partial charge in [-0.2, -0.15) is 0 Å². The van der Waals surface area contributed by atoms with Gasteiger partial charge in [-0.3, -0.25) is 0 Å². The van der Waals surface area contributed by atoms with Crippen LogP contribution in [0.1, 0.15) is 5.56 Å². The summed E-state index contributed by atoms with van der Waals surface area (Å²) in [5.41, 5.74) is 5.56. The Hall–Kier alpha value is -1.62. The molecule has 1 aromatic rings. The molecule has 0 unspecified atom stereocenters. The fourth-order valence-corrected chi connectivity index (χ4v) is 0.740. The van der Waals surface area contributed by atoms with Crippen molar-refractivity contribution in [1.29, 1.82) is 0 Å². The monoisotopic (exact) mass is 204 g/mol. The Labute approximate surface area is 80.5 Å². The second-order valence-electron chi connectivity index (χ2n) is 2.19. The Morgan fingerprint density at radius 2 is 1.85 bits per heavy atom. The molecule has 0 aliphatic rings. The van der Waals surface area contributed by atoms with E-state index in [1.807, 2.05) is 0 Å². The zero-order valence-electron chi connectivity index (χ0n) is 6.51. The van der Waals surface area contributed by atoms with Crippen molar-refractivity contribution in [1.82, 2.24) is 0 Å². The van der Waals surface area contributed by atoms with Crippen molar-refractivity contribution in [3.63, 3.8) is 0 Å². The molecule has 0 aromatic heterocycles. The minimum Gasteiger partial charge on any atom is -0.504 e. The van der Waals surface area contributed by atoms with E-state index < -0.39 is 0 Å². The Morgan fingerprint density at radius 1 is 1.23 bits per heavy atom. The highest BCUT2D eigenvalue weighted by molar-refractivity contribution is 5.97. The molecule has 0 aliphatic heterocycles. The zero-order valence-corrected chi connectivity index (χ0v) is 7.32. The molecule has 0 heterocycles. The third kappa shape index (κ3) is 2.41. The van der Waals surface area contributed by atoms with Crippen molar-refractivity contribution in [3.05, 3.63) is 23.8 Å². The van der Waals surface area contributed by atoms with Crippen molar-refractivity contribution in [2.24, 2.45) is 10.9 Å². The Bertz CT molecular complexity index is 328. The first-order valence-corrected chi connectivity index (χ1v) is 3.15. The van der Waals surface area contributed by atoms with E-state index in [2.05, 4.69) is 5.16 Å². The molecule has 0 bridgehead atoms. The Morgan fingerprint density at radius 3 is 2.31 bits per heavy atom. The summed E-state index contributed by atoms with van der Waals surface area (Å²) in [5.74, 6) is -0.672. The summed E-state index contributed by atoms with van der Waals surface area (Å²) in [5, 5.41) is 28.9. The minimum atomic E-state index is -0.306. The van der Waals surface area contributed by atoms with E-state index >= 15 is 0 Å². The highest BCUT2D eigenvalue weighted by Gasteiger charge is 2.03. The van der Waals surface area contributed by atoms with Crippen molar-refractivity contribution >= 4 is 18.2 Å². The van der Waals surface area contributed by atoms with Gasteiger partial charge in [0.15, 0.2) is 17.3 Å². The molecule has 6 heteroatoms. The summed E-state index contributed by atoms with van der Waals surface area (Å²) < 4.78 is 0. The lowest BCUT2D eigenvalue weighted by Crippen LogP contribution is -2.12. The molecule has 1 aromatic carbocycles. The number of nitrogens with two attached hydrogens (primary N) is 1. The Balaban J connectivity index is 0.00000144. The number of amidine groups is 1. The van der Waals surface area contributed by atoms with Crippen LogP contribution in [-0.4, -0.2) is 21.3 Å². The summed E-state index contributed by atoms with van der Waals surface area (Å²) in [6, 6.07) is 3.87. The normalized spacial score (nSPS) is 10.6. The first-order valence-electron chi connectivity index (χ1n) is 3.15. The molecule has 5 N–H and O–H groups in total. The molecule has 72 valence electrons. The van der Waals surface area contributed by atoms with E-state index in [4.69, 9.17) is 21.2 Å². The first kappa shape index (κ1) is 11.4. The van der Waals surface area contributed by atoms with Crippen LogP contribution in [-0.2, 0) is 0 Å². The number of rotatable bonds is 1. The number of phenolic OH excluding ortho intramolecular Hbond substituents is 2. The molecular formula is C7H9ClN2O3. The highest BCUT2D eigenvalue weighted by atomic mass is 35.5.